The number of anilines is 1. The first-order valence-corrected chi connectivity index (χ1v) is 7.50. The molecule has 1 amide bonds. The van der Waals surface area contributed by atoms with Crippen LogP contribution in [0.2, 0.25) is 0 Å². The van der Waals surface area contributed by atoms with Crippen LogP contribution < -0.4 is 5.32 Å². The molecule has 0 radical (unpaired) electrons. The van der Waals surface area contributed by atoms with Gasteiger partial charge in [0.2, 0.25) is 11.7 Å². The molecule has 0 atom stereocenters. The first-order valence-electron chi connectivity index (χ1n) is 7.50. The number of nitro benzene ring substituents is 1. The standard InChI is InChI=1S/C14H10FN5O3.C2H6/c1-8(21)17-9-5-16-14-18-13(7-19(14)6-9)11-4-10(20(22)23)2-3-12(11)15;1-2/h2-7H,1H3,(H,17,21);1-2H3. The second kappa shape index (κ2) is 7.47. The summed E-state index contributed by atoms with van der Waals surface area (Å²) in [7, 11) is 0. The van der Waals surface area contributed by atoms with Gasteiger partial charge < -0.3 is 5.32 Å². The molecule has 3 rings (SSSR count). The Balaban J connectivity index is 0.00000109. The highest BCUT2D eigenvalue weighted by atomic mass is 19.1. The van der Waals surface area contributed by atoms with Gasteiger partial charge in [-0.2, -0.15) is 0 Å². The molecule has 0 saturated heterocycles. The zero-order valence-electron chi connectivity index (χ0n) is 13.9. The normalized spacial score (nSPS) is 10.1. The second-order valence-electron chi connectivity index (χ2n) is 4.78. The van der Waals surface area contributed by atoms with Gasteiger partial charge in [-0.1, -0.05) is 13.8 Å². The minimum absolute atomic E-state index is 0.00535. The Hall–Kier alpha value is -3.36. The number of nitro groups is 1. The van der Waals surface area contributed by atoms with E-state index in [1.165, 1.54) is 23.7 Å². The molecule has 3 aromatic rings. The number of hydrogen-bond donors (Lipinski definition) is 1. The van der Waals surface area contributed by atoms with Crippen molar-refractivity contribution in [1.29, 1.82) is 0 Å². The van der Waals surface area contributed by atoms with E-state index >= 15 is 0 Å². The predicted octanol–water partition coefficient (Wildman–Crippen LogP) is 3.43. The Bertz CT molecular complexity index is 939. The fourth-order valence-corrected chi connectivity index (χ4v) is 2.11. The summed E-state index contributed by atoms with van der Waals surface area (Å²) in [6.45, 7) is 5.36. The molecule has 0 aliphatic rings. The molecule has 0 aliphatic carbocycles. The number of fused-ring (bicyclic) bond motifs is 1. The van der Waals surface area contributed by atoms with Gasteiger partial charge in [0.25, 0.3) is 5.69 Å². The lowest BCUT2D eigenvalue weighted by Gasteiger charge is -2.00. The van der Waals surface area contributed by atoms with Gasteiger partial charge in [0.1, 0.15) is 5.82 Å². The number of amides is 1. The summed E-state index contributed by atoms with van der Waals surface area (Å²) in [6.07, 6.45) is 4.46. The molecule has 8 nitrogen and oxygen atoms in total. The smallest absolute Gasteiger partial charge is 0.270 e. The number of rotatable bonds is 3. The maximum atomic E-state index is 13.9. The van der Waals surface area contributed by atoms with Crippen molar-refractivity contribution < 1.29 is 14.1 Å². The lowest BCUT2D eigenvalue weighted by Crippen LogP contribution is -2.06. The van der Waals surface area contributed by atoms with Gasteiger partial charge in [-0.3, -0.25) is 19.3 Å². The molecule has 0 saturated carbocycles. The first kappa shape index (κ1) is 18.0. The van der Waals surface area contributed by atoms with Gasteiger partial charge >= 0.3 is 0 Å². The number of carbonyl (C=O) groups is 1. The van der Waals surface area contributed by atoms with Crippen molar-refractivity contribution in [3.63, 3.8) is 0 Å². The van der Waals surface area contributed by atoms with Crippen molar-refractivity contribution in [3.8, 4) is 11.3 Å². The highest BCUT2D eigenvalue weighted by Crippen LogP contribution is 2.26. The number of aromatic nitrogens is 3. The summed E-state index contributed by atoms with van der Waals surface area (Å²) in [6, 6.07) is 3.22. The van der Waals surface area contributed by atoms with E-state index in [1.54, 1.807) is 6.20 Å². The van der Waals surface area contributed by atoms with E-state index in [-0.39, 0.29) is 28.6 Å². The van der Waals surface area contributed by atoms with Crippen LogP contribution in [0.25, 0.3) is 17.0 Å². The molecule has 9 heteroatoms. The molecule has 2 heterocycles. The average molecular weight is 345 g/mol. The zero-order valence-corrected chi connectivity index (χ0v) is 13.9. The zero-order chi connectivity index (χ0) is 18.6. The number of imidazole rings is 1. The topological polar surface area (TPSA) is 102 Å². The number of non-ortho nitro benzene ring substituents is 1. The molecule has 2 aromatic heterocycles. The summed E-state index contributed by atoms with van der Waals surface area (Å²) < 4.78 is 15.4. The van der Waals surface area contributed by atoms with E-state index in [0.717, 1.165) is 18.2 Å². The molecule has 0 bridgehead atoms. The SMILES string of the molecule is CC.CC(=O)Nc1cnc2nc(-c3cc([N+](=O)[O-])ccc3F)cn2c1. The summed E-state index contributed by atoms with van der Waals surface area (Å²) in [5.74, 6) is -0.600. The number of nitrogens with one attached hydrogen (secondary N) is 1. The van der Waals surface area contributed by atoms with Crippen molar-refractivity contribution >= 4 is 23.1 Å². The summed E-state index contributed by atoms with van der Waals surface area (Å²) in [4.78, 5) is 29.4. The van der Waals surface area contributed by atoms with Gasteiger partial charge in [-0.25, -0.2) is 14.4 Å². The van der Waals surface area contributed by atoms with Gasteiger partial charge in [0.15, 0.2) is 0 Å². The third kappa shape index (κ3) is 3.94. The van der Waals surface area contributed by atoms with Gasteiger partial charge in [-0.15, -0.1) is 0 Å². The Morgan fingerprint density at radius 2 is 2.04 bits per heavy atom. The highest BCUT2D eigenvalue weighted by Gasteiger charge is 2.15. The lowest BCUT2D eigenvalue weighted by atomic mass is 10.1. The van der Waals surface area contributed by atoms with Gasteiger partial charge in [-0.05, 0) is 6.07 Å². The minimum atomic E-state index is -0.624. The van der Waals surface area contributed by atoms with Gasteiger partial charge in [0, 0.05) is 37.0 Å². The number of benzene rings is 1. The monoisotopic (exact) mass is 345 g/mol. The first-order chi connectivity index (χ1) is 11.9. The van der Waals surface area contributed by atoms with E-state index < -0.39 is 10.7 Å². The maximum absolute atomic E-state index is 13.9. The molecule has 25 heavy (non-hydrogen) atoms. The molecule has 0 unspecified atom stereocenters. The highest BCUT2D eigenvalue weighted by molar-refractivity contribution is 5.88. The Kier molecular flexibility index (Phi) is 5.38. The largest absolute Gasteiger partial charge is 0.324 e. The number of halogens is 1. The van der Waals surface area contributed by atoms with Crippen LogP contribution in [0.5, 0.6) is 0 Å². The van der Waals surface area contributed by atoms with Crippen molar-refractivity contribution in [2.75, 3.05) is 5.32 Å². The Morgan fingerprint density at radius 3 is 2.68 bits per heavy atom. The molecule has 0 aliphatic heterocycles. The van der Waals surface area contributed by atoms with E-state index in [4.69, 9.17) is 0 Å². The van der Waals surface area contributed by atoms with Crippen molar-refractivity contribution in [3.05, 3.63) is 52.7 Å². The molecular formula is C16H16FN5O3. The minimum Gasteiger partial charge on any atom is -0.324 e. The van der Waals surface area contributed by atoms with E-state index in [9.17, 15) is 19.3 Å². The Labute approximate surface area is 142 Å². The molecule has 1 aromatic carbocycles. The number of nitrogens with zero attached hydrogens (tertiary/aromatic N) is 4. The maximum Gasteiger partial charge on any atom is 0.270 e. The van der Waals surface area contributed by atoms with Crippen molar-refractivity contribution in [1.82, 2.24) is 14.4 Å². The number of hydrogen-bond acceptors (Lipinski definition) is 5. The molecular weight excluding hydrogens is 329 g/mol. The second-order valence-corrected chi connectivity index (χ2v) is 4.78. The van der Waals surface area contributed by atoms with Crippen LogP contribution in [-0.2, 0) is 4.79 Å². The van der Waals surface area contributed by atoms with Crippen molar-refractivity contribution in [2.24, 2.45) is 0 Å². The lowest BCUT2D eigenvalue weighted by molar-refractivity contribution is -0.384. The average Bonchev–Trinajstić information content (AvgIpc) is 2.99. The number of carbonyl (C=O) groups excluding carboxylic acids is 1. The van der Waals surface area contributed by atoms with E-state index in [0.29, 0.717) is 5.69 Å². The summed E-state index contributed by atoms with van der Waals surface area (Å²) in [5.41, 5.74) is 0.434. The van der Waals surface area contributed by atoms with E-state index in [1.807, 2.05) is 13.8 Å². The van der Waals surface area contributed by atoms with Gasteiger partial charge in [0.05, 0.1) is 22.5 Å². The third-order valence-corrected chi connectivity index (χ3v) is 3.07. The van der Waals surface area contributed by atoms with Crippen LogP contribution in [0, 0.1) is 15.9 Å². The van der Waals surface area contributed by atoms with Crippen LogP contribution in [0.4, 0.5) is 15.8 Å². The molecule has 0 fully saturated rings. The molecule has 130 valence electrons. The fourth-order valence-electron chi connectivity index (χ4n) is 2.11. The van der Waals surface area contributed by atoms with Crippen LogP contribution in [0.15, 0.2) is 36.8 Å². The van der Waals surface area contributed by atoms with Crippen LogP contribution in [0.3, 0.4) is 0 Å². The summed E-state index contributed by atoms with van der Waals surface area (Å²) >= 11 is 0. The third-order valence-electron chi connectivity index (χ3n) is 3.07. The van der Waals surface area contributed by atoms with Crippen molar-refractivity contribution in [2.45, 2.75) is 20.8 Å². The molecule has 0 spiro atoms. The van der Waals surface area contributed by atoms with E-state index in [2.05, 4.69) is 15.3 Å². The predicted molar refractivity (Wildman–Crippen MR) is 90.7 cm³/mol. The van der Waals surface area contributed by atoms with Crippen LogP contribution in [0.1, 0.15) is 20.8 Å². The fraction of sp³-hybridized carbons (Fsp3) is 0.188. The molecule has 1 N–H and O–H groups in total. The summed E-state index contributed by atoms with van der Waals surface area (Å²) in [5, 5.41) is 13.4. The Morgan fingerprint density at radius 1 is 1.32 bits per heavy atom. The van der Waals surface area contributed by atoms with Crippen LogP contribution in [-0.4, -0.2) is 25.2 Å². The van der Waals surface area contributed by atoms with Crippen LogP contribution >= 0.6 is 0 Å². The quantitative estimate of drug-likeness (QED) is 0.579.